The van der Waals surface area contributed by atoms with Gasteiger partial charge in [0.15, 0.2) is 0 Å². The van der Waals surface area contributed by atoms with Gasteiger partial charge in [-0.3, -0.25) is 14.3 Å². The van der Waals surface area contributed by atoms with Gasteiger partial charge in [-0.1, -0.05) is 53.2 Å². The van der Waals surface area contributed by atoms with Gasteiger partial charge in [0.25, 0.3) is 5.56 Å². The number of hydrogen-bond acceptors (Lipinski definition) is 3. The van der Waals surface area contributed by atoms with E-state index in [1.807, 2.05) is 37.3 Å². The van der Waals surface area contributed by atoms with Crippen molar-refractivity contribution in [1.82, 2.24) is 9.55 Å². The normalized spacial score (nSPS) is 23.5. The maximum absolute atomic E-state index is 12.3. The van der Waals surface area contributed by atoms with Gasteiger partial charge >= 0.3 is 5.69 Å². The summed E-state index contributed by atoms with van der Waals surface area (Å²) in [7, 11) is 0. The molecule has 116 valence electrons. The Labute approximate surface area is 135 Å². The molecule has 0 radical (unpaired) electrons. The summed E-state index contributed by atoms with van der Waals surface area (Å²) in [6.07, 6.45) is 0.816. The molecule has 3 rings (SSSR count). The molecule has 1 aromatic carbocycles. The Balaban J connectivity index is 2.38. The molecule has 2 atom stereocenters. The number of aliphatic hydroxyl groups is 1. The predicted molar refractivity (Wildman–Crippen MR) is 87.6 cm³/mol. The van der Waals surface area contributed by atoms with Gasteiger partial charge < -0.3 is 5.11 Å². The molecule has 0 saturated heterocycles. The van der Waals surface area contributed by atoms with Crippen LogP contribution in [0.5, 0.6) is 0 Å². The van der Waals surface area contributed by atoms with Crippen molar-refractivity contribution in [3.63, 3.8) is 0 Å². The molecule has 0 aliphatic carbocycles. The van der Waals surface area contributed by atoms with E-state index in [9.17, 15) is 14.7 Å². The molecule has 0 spiro atoms. The lowest BCUT2D eigenvalue weighted by molar-refractivity contribution is 0.0778. The summed E-state index contributed by atoms with van der Waals surface area (Å²) in [6, 6.07) is 9.01. The van der Waals surface area contributed by atoms with E-state index in [-0.39, 0.29) is 6.04 Å². The number of nitrogens with one attached hydrogen (secondary N) is 1. The van der Waals surface area contributed by atoms with Crippen LogP contribution in [0.1, 0.15) is 36.2 Å². The summed E-state index contributed by atoms with van der Waals surface area (Å²) in [5.41, 5.74) is -0.601. The van der Waals surface area contributed by atoms with E-state index in [0.29, 0.717) is 35.0 Å². The minimum absolute atomic E-state index is 0.199. The molecule has 2 N–H and O–H groups in total. The Morgan fingerprint density at radius 1 is 1.36 bits per heavy atom. The number of aromatic amines is 1. The number of benzene rings is 1. The van der Waals surface area contributed by atoms with Gasteiger partial charge in [0, 0.05) is 17.3 Å². The zero-order valence-corrected chi connectivity index (χ0v) is 13.8. The van der Waals surface area contributed by atoms with Crippen molar-refractivity contribution < 1.29 is 5.11 Å². The van der Waals surface area contributed by atoms with E-state index >= 15 is 0 Å². The third kappa shape index (κ3) is 2.09. The Kier molecular flexibility index (Phi) is 3.82. The van der Waals surface area contributed by atoms with Crippen LogP contribution in [0.2, 0.25) is 0 Å². The second-order valence-corrected chi connectivity index (χ2v) is 6.20. The topological polar surface area (TPSA) is 75.1 Å². The van der Waals surface area contributed by atoms with Crippen molar-refractivity contribution in [3.8, 4) is 0 Å². The van der Waals surface area contributed by atoms with E-state index in [1.54, 1.807) is 0 Å². The molecule has 0 unspecified atom stereocenters. The lowest BCUT2D eigenvalue weighted by Gasteiger charge is -2.25. The highest BCUT2D eigenvalue weighted by atomic mass is 79.9. The third-order valence-electron chi connectivity index (χ3n) is 4.31. The molecule has 1 aliphatic heterocycles. The van der Waals surface area contributed by atoms with Gasteiger partial charge in [-0.05, 0) is 12.0 Å². The van der Waals surface area contributed by atoms with E-state index in [4.69, 9.17) is 0 Å². The lowest BCUT2D eigenvalue weighted by Crippen LogP contribution is -2.37. The largest absolute Gasteiger partial charge is 0.379 e. The van der Waals surface area contributed by atoms with Gasteiger partial charge in [-0.2, -0.15) is 0 Å². The molecule has 0 fully saturated rings. The first kappa shape index (κ1) is 15.2. The fourth-order valence-electron chi connectivity index (χ4n) is 3.33. The van der Waals surface area contributed by atoms with Crippen molar-refractivity contribution >= 4 is 15.9 Å². The van der Waals surface area contributed by atoms with Crippen LogP contribution < -0.4 is 11.2 Å². The van der Waals surface area contributed by atoms with Crippen LogP contribution in [0.3, 0.4) is 0 Å². The smallest absolute Gasteiger partial charge is 0.328 e. The van der Waals surface area contributed by atoms with Crippen molar-refractivity contribution in [2.75, 3.05) is 5.33 Å². The highest BCUT2D eigenvalue weighted by Crippen LogP contribution is 2.44. The molecule has 1 aromatic heterocycles. The molecule has 2 heterocycles. The Bertz CT molecular complexity index is 812. The fourth-order valence-corrected chi connectivity index (χ4v) is 3.85. The van der Waals surface area contributed by atoms with Crippen LogP contribution in [0, 0.1) is 0 Å². The summed E-state index contributed by atoms with van der Waals surface area (Å²) in [5, 5.41) is 11.9. The Morgan fingerprint density at radius 3 is 2.64 bits per heavy atom. The predicted octanol–water partition coefficient (Wildman–Crippen LogP) is 1.67. The van der Waals surface area contributed by atoms with Crippen molar-refractivity contribution in [2.45, 2.75) is 31.4 Å². The van der Waals surface area contributed by atoms with E-state index in [2.05, 4.69) is 20.9 Å². The molecule has 5 nitrogen and oxygen atoms in total. The monoisotopic (exact) mass is 364 g/mol. The average Bonchev–Trinajstić information content (AvgIpc) is 2.84. The molecule has 0 bridgehead atoms. The summed E-state index contributed by atoms with van der Waals surface area (Å²) in [6.45, 7) is 1.85. The van der Waals surface area contributed by atoms with E-state index < -0.39 is 16.9 Å². The summed E-state index contributed by atoms with van der Waals surface area (Å²) >= 11 is 3.41. The SMILES string of the molecule is CCc1c2n(c(=O)[nH]c1=O)[C@@H](CBr)C[C@]2(O)c1ccccc1. The minimum atomic E-state index is -1.32. The number of aromatic nitrogens is 2. The van der Waals surface area contributed by atoms with Gasteiger partial charge in [0.2, 0.25) is 0 Å². The molecule has 0 saturated carbocycles. The van der Waals surface area contributed by atoms with Crippen molar-refractivity contribution in [2.24, 2.45) is 0 Å². The standard InChI is InChI=1S/C16H17BrN2O3/c1-2-12-13-16(22,10-6-4-3-5-7-10)8-11(9-17)19(13)15(21)18-14(12)20/h3-7,11,22H,2,8-9H2,1H3,(H,18,20,21)/t11-,16+/m1/s1. The van der Waals surface area contributed by atoms with E-state index in [1.165, 1.54) is 4.57 Å². The van der Waals surface area contributed by atoms with Crippen LogP contribution >= 0.6 is 15.9 Å². The minimum Gasteiger partial charge on any atom is -0.379 e. The number of hydrogen-bond donors (Lipinski definition) is 2. The highest BCUT2D eigenvalue weighted by molar-refractivity contribution is 9.09. The number of halogens is 1. The van der Waals surface area contributed by atoms with Gasteiger partial charge in [-0.15, -0.1) is 0 Å². The molecule has 22 heavy (non-hydrogen) atoms. The van der Waals surface area contributed by atoms with Crippen LogP contribution in [-0.2, 0) is 12.0 Å². The number of rotatable bonds is 3. The highest BCUT2D eigenvalue weighted by Gasteiger charge is 2.46. The number of fused-ring (bicyclic) bond motifs is 1. The summed E-state index contributed by atoms with van der Waals surface area (Å²) < 4.78 is 1.53. The maximum Gasteiger partial charge on any atom is 0.328 e. The Morgan fingerprint density at radius 2 is 2.05 bits per heavy atom. The quantitative estimate of drug-likeness (QED) is 0.813. The van der Waals surface area contributed by atoms with Crippen molar-refractivity contribution in [3.05, 3.63) is 68.0 Å². The lowest BCUT2D eigenvalue weighted by atomic mass is 9.86. The Hall–Kier alpha value is -1.66. The first-order valence-corrected chi connectivity index (χ1v) is 8.37. The van der Waals surface area contributed by atoms with Crippen LogP contribution in [0.15, 0.2) is 39.9 Å². The van der Waals surface area contributed by atoms with Gasteiger partial charge in [-0.25, -0.2) is 4.79 Å². The van der Waals surface area contributed by atoms with Crippen molar-refractivity contribution in [1.29, 1.82) is 0 Å². The van der Waals surface area contributed by atoms with Crippen LogP contribution in [0.4, 0.5) is 0 Å². The van der Waals surface area contributed by atoms with Crippen LogP contribution in [-0.4, -0.2) is 20.0 Å². The maximum atomic E-state index is 12.3. The fraction of sp³-hybridized carbons (Fsp3) is 0.375. The summed E-state index contributed by atoms with van der Waals surface area (Å²) in [5.74, 6) is 0. The molecular weight excluding hydrogens is 348 g/mol. The first-order valence-electron chi connectivity index (χ1n) is 7.25. The molecule has 6 heteroatoms. The summed E-state index contributed by atoms with van der Waals surface area (Å²) in [4.78, 5) is 26.8. The third-order valence-corrected chi connectivity index (χ3v) is 5.06. The second kappa shape index (κ2) is 5.52. The molecule has 1 aliphatic rings. The number of nitrogens with zero attached hydrogens (tertiary/aromatic N) is 1. The zero-order chi connectivity index (χ0) is 15.9. The van der Waals surface area contributed by atoms with Gasteiger partial charge in [0.1, 0.15) is 5.60 Å². The molecule has 0 amide bonds. The molecular formula is C16H17BrN2O3. The van der Waals surface area contributed by atoms with Gasteiger partial charge in [0.05, 0.1) is 11.7 Å². The molecule has 2 aromatic rings. The second-order valence-electron chi connectivity index (χ2n) is 5.55. The number of alkyl halides is 1. The zero-order valence-electron chi connectivity index (χ0n) is 12.2. The van der Waals surface area contributed by atoms with E-state index in [0.717, 1.165) is 0 Å². The number of H-pyrrole nitrogens is 1. The van der Waals surface area contributed by atoms with Crippen LogP contribution in [0.25, 0.3) is 0 Å². The average molecular weight is 365 g/mol. The first-order chi connectivity index (χ1) is 10.5.